The second-order valence-electron chi connectivity index (χ2n) is 7.49. The molecule has 0 aliphatic carbocycles. The van der Waals surface area contributed by atoms with Crippen LogP contribution >= 0.6 is 24.0 Å². The van der Waals surface area contributed by atoms with Gasteiger partial charge in [-0.25, -0.2) is 9.98 Å². The van der Waals surface area contributed by atoms with Gasteiger partial charge in [-0.1, -0.05) is 39.2 Å². The number of guanidine groups is 1. The molecule has 7 nitrogen and oxygen atoms in total. The molecular formula is C21H39IN6O. The SMILES string of the molecule is CCCCC(CC)CNC(=NCc1cccc(N(C)C)n1)NCC(=O)N(C)C.I. The van der Waals surface area contributed by atoms with E-state index < -0.39 is 0 Å². The van der Waals surface area contributed by atoms with Gasteiger partial charge in [0.15, 0.2) is 5.96 Å². The molecule has 0 bridgehead atoms. The third kappa shape index (κ3) is 11.3. The maximum atomic E-state index is 11.9. The Morgan fingerprint density at radius 2 is 1.90 bits per heavy atom. The molecule has 0 aromatic carbocycles. The van der Waals surface area contributed by atoms with Gasteiger partial charge in [0.25, 0.3) is 0 Å². The summed E-state index contributed by atoms with van der Waals surface area (Å²) < 4.78 is 0. The number of aliphatic imine (C=N–C) groups is 1. The predicted molar refractivity (Wildman–Crippen MR) is 133 cm³/mol. The highest BCUT2D eigenvalue weighted by atomic mass is 127. The number of nitrogens with zero attached hydrogens (tertiary/aromatic N) is 4. The van der Waals surface area contributed by atoms with E-state index in [4.69, 9.17) is 0 Å². The molecule has 1 amide bonds. The van der Waals surface area contributed by atoms with E-state index in [9.17, 15) is 4.79 Å². The monoisotopic (exact) mass is 518 g/mol. The van der Waals surface area contributed by atoms with Crippen molar-refractivity contribution in [1.29, 1.82) is 0 Å². The first-order valence-electron chi connectivity index (χ1n) is 10.2. The molecule has 1 atom stereocenters. The average molecular weight is 518 g/mol. The van der Waals surface area contributed by atoms with Crippen LogP contribution in [-0.2, 0) is 11.3 Å². The van der Waals surface area contributed by atoms with Gasteiger partial charge >= 0.3 is 0 Å². The molecule has 1 unspecified atom stereocenters. The highest BCUT2D eigenvalue weighted by Gasteiger charge is 2.10. The highest BCUT2D eigenvalue weighted by Crippen LogP contribution is 2.11. The number of carbonyl (C=O) groups is 1. The van der Waals surface area contributed by atoms with E-state index >= 15 is 0 Å². The molecule has 0 saturated carbocycles. The fourth-order valence-electron chi connectivity index (χ4n) is 2.64. The Bertz CT molecular complexity index is 621. The number of rotatable bonds is 11. The lowest BCUT2D eigenvalue weighted by Gasteiger charge is -2.19. The van der Waals surface area contributed by atoms with Gasteiger partial charge in [0.1, 0.15) is 5.82 Å². The Labute approximate surface area is 193 Å². The Kier molecular flexibility index (Phi) is 14.5. The summed E-state index contributed by atoms with van der Waals surface area (Å²) >= 11 is 0. The molecule has 0 spiro atoms. The molecule has 166 valence electrons. The van der Waals surface area contributed by atoms with Gasteiger partial charge in [0.05, 0.1) is 18.8 Å². The number of unbranched alkanes of at least 4 members (excludes halogenated alkanes) is 1. The van der Waals surface area contributed by atoms with Crippen LogP contribution in [0.15, 0.2) is 23.2 Å². The van der Waals surface area contributed by atoms with Crippen LogP contribution in [0.5, 0.6) is 0 Å². The maximum absolute atomic E-state index is 11.9. The maximum Gasteiger partial charge on any atom is 0.241 e. The minimum Gasteiger partial charge on any atom is -0.363 e. The molecular weight excluding hydrogens is 479 g/mol. The number of likely N-dealkylation sites (N-methyl/N-ethyl adjacent to an activating group) is 1. The zero-order valence-electron chi connectivity index (χ0n) is 18.9. The Balaban J connectivity index is 0.00000784. The first-order chi connectivity index (χ1) is 13.4. The number of pyridine rings is 1. The van der Waals surface area contributed by atoms with E-state index in [1.165, 1.54) is 19.3 Å². The normalized spacial score (nSPS) is 12.0. The lowest BCUT2D eigenvalue weighted by molar-refractivity contribution is -0.127. The van der Waals surface area contributed by atoms with E-state index in [0.29, 0.717) is 18.4 Å². The third-order valence-corrected chi connectivity index (χ3v) is 4.66. The number of hydrogen-bond acceptors (Lipinski definition) is 4. The quantitative estimate of drug-likeness (QED) is 0.268. The summed E-state index contributed by atoms with van der Waals surface area (Å²) in [6, 6.07) is 5.93. The van der Waals surface area contributed by atoms with Crippen molar-refractivity contribution in [3.63, 3.8) is 0 Å². The molecule has 0 fully saturated rings. The molecule has 0 aliphatic rings. The largest absolute Gasteiger partial charge is 0.363 e. The van der Waals surface area contributed by atoms with Gasteiger partial charge in [-0.3, -0.25) is 4.79 Å². The summed E-state index contributed by atoms with van der Waals surface area (Å²) in [5.41, 5.74) is 0.893. The number of nitrogens with one attached hydrogen (secondary N) is 2. The number of hydrogen-bond donors (Lipinski definition) is 2. The Hall–Kier alpha value is -1.58. The van der Waals surface area contributed by atoms with Crippen LogP contribution in [0, 0.1) is 5.92 Å². The number of amides is 1. The molecule has 0 aliphatic heterocycles. The summed E-state index contributed by atoms with van der Waals surface area (Å²) in [6.45, 7) is 5.97. The van der Waals surface area contributed by atoms with Crippen molar-refractivity contribution < 1.29 is 4.79 Å². The van der Waals surface area contributed by atoms with Crippen molar-refractivity contribution in [2.75, 3.05) is 46.2 Å². The van der Waals surface area contributed by atoms with Crippen LogP contribution in [-0.4, -0.2) is 63.0 Å². The number of halogens is 1. The number of carbonyl (C=O) groups excluding carboxylic acids is 1. The molecule has 0 saturated heterocycles. The lowest BCUT2D eigenvalue weighted by atomic mass is 9.99. The fraction of sp³-hybridized carbons (Fsp3) is 0.667. The van der Waals surface area contributed by atoms with Crippen LogP contribution in [0.4, 0.5) is 5.82 Å². The van der Waals surface area contributed by atoms with Crippen LogP contribution in [0.25, 0.3) is 0 Å². The van der Waals surface area contributed by atoms with Crippen molar-refractivity contribution in [2.45, 2.75) is 46.1 Å². The standard InChI is InChI=1S/C21H38N6O.HI/c1-7-9-11-17(8-2)14-22-21(24-16-20(28)27(5)6)23-15-18-12-10-13-19(25-18)26(3)4;/h10,12-13,17H,7-9,11,14-16H2,1-6H3,(H2,22,23,24);1H. The summed E-state index contributed by atoms with van der Waals surface area (Å²) in [5.74, 6) is 2.18. The topological polar surface area (TPSA) is 72.9 Å². The van der Waals surface area contributed by atoms with Gasteiger partial charge in [0, 0.05) is 34.7 Å². The van der Waals surface area contributed by atoms with Gasteiger partial charge in [0.2, 0.25) is 5.91 Å². The van der Waals surface area contributed by atoms with Crippen LogP contribution in [0.2, 0.25) is 0 Å². The first-order valence-corrected chi connectivity index (χ1v) is 10.2. The van der Waals surface area contributed by atoms with E-state index in [1.54, 1.807) is 19.0 Å². The first kappa shape index (κ1) is 27.4. The van der Waals surface area contributed by atoms with E-state index in [1.807, 2.05) is 37.2 Å². The van der Waals surface area contributed by atoms with Gasteiger partial charge in [-0.15, -0.1) is 24.0 Å². The predicted octanol–water partition coefficient (Wildman–Crippen LogP) is 3.11. The number of anilines is 1. The molecule has 29 heavy (non-hydrogen) atoms. The average Bonchev–Trinajstić information content (AvgIpc) is 2.69. The minimum absolute atomic E-state index is 0. The van der Waals surface area contributed by atoms with E-state index in [-0.39, 0.29) is 36.4 Å². The molecule has 8 heteroatoms. The molecule has 1 rings (SSSR count). The molecule has 2 N–H and O–H groups in total. The van der Waals surface area contributed by atoms with Gasteiger partial charge < -0.3 is 20.4 Å². The highest BCUT2D eigenvalue weighted by molar-refractivity contribution is 14.0. The van der Waals surface area contributed by atoms with Crippen LogP contribution in [0.1, 0.15) is 45.2 Å². The summed E-state index contributed by atoms with van der Waals surface area (Å²) in [7, 11) is 7.45. The van der Waals surface area contributed by atoms with Crippen LogP contribution < -0.4 is 15.5 Å². The molecule has 1 heterocycles. The second kappa shape index (κ2) is 15.3. The van der Waals surface area contributed by atoms with Crippen LogP contribution in [0.3, 0.4) is 0 Å². The number of aromatic nitrogens is 1. The lowest BCUT2D eigenvalue weighted by Crippen LogP contribution is -2.44. The minimum atomic E-state index is 0. The third-order valence-electron chi connectivity index (χ3n) is 4.66. The van der Waals surface area contributed by atoms with Crippen molar-refractivity contribution >= 4 is 41.7 Å². The zero-order chi connectivity index (χ0) is 20.9. The van der Waals surface area contributed by atoms with Crippen molar-refractivity contribution in [1.82, 2.24) is 20.5 Å². The summed E-state index contributed by atoms with van der Waals surface area (Å²) in [5, 5.41) is 6.57. The van der Waals surface area contributed by atoms with E-state index in [0.717, 1.165) is 24.5 Å². The molecule has 0 radical (unpaired) electrons. The Morgan fingerprint density at radius 1 is 1.17 bits per heavy atom. The molecule has 1 aromatic rings. The zero-order valence-corrected chi connectivity index (χ0v) is 21.2. The second-order valence-corrected chi connectivity index (χ2v) is 7.49. The summed E-state index contributed by atoms with van der Waals surface area (Å²) in [6.07, 6.45) is 4.78. The smallest absolute Gasteiger partial charge is 0.241 e. The Morgan fingerprint density at radius 3 is 2.48 bits per heavy atom. The fourth-order valence-corrected chi connectivity index (χ4v) is 2.64. The van der Waals surface area contributed by atoms with Gasteiger partial charge in [-0.2, -0.15) is 0 Å². The van der Waals surface area contributed by atoms with Crippen molar-refractivity contribution in [3.05, 3.63) is 23.9 Å². The summed E-state index contributed by atoms with van der Waals surface area (Å²) in [4.78, 5) is 24.7. The molecule has 1 aromatic heterocycles. The van der Waals surface area contributed by atoms with Crippen molar-refractivity contribution in [2.24, 2.45) is 10.9 Å². The van der Waals surface area contributed by atoms with Crippen molar-refractivity contribution in [3.8, 4) is 0 Å². The van der Waals surface area contributed by atoms with E-state index in [2.05, 4.69) is 34.5 Å². The van der Waals surface area contributed by atoms with Gasteiger partial charge in [-0.05, 0) is 24.5 Å².